The maximum Gasteiger partial charge on any atom is 0.269 e. The molecule has 0 spiro atoms. The molecule has 1 aromatic carbocycles. The van der Waals surface area contributed by atoms with E-state index in [0.717, 1.165) is 18.4 Å². The van der Waals surface area contributed by atoms with Crippen molar-refractivity contribution in [3.05, 3.63) is 39.9 Å². The fourth-order valence-corrected chi connectivity index (χ4v) is 1.64. The van der Waals surface area contributed by atoms with Gasteiger partial charge in [0.05, 0.1) is 4.92 Å². The Labute approximate surface area is 110 Å². The monoisotopic (exact) mass is 270 g/mol. The zero-order valence-corrected chi connectivity index (χ0v) is 10.7. The van der Waals surface area contributed by atoms with Gasteiger partial charge in [-0.15, -0.1) is 11.6 Å². The van der Waals surface area contributed by atoms with E-state index in [9.17, 15) is 14.9 Å². The predicted molar refractivity (Wildman–Crippen MR) is 69.5 cm³/mol. The smallest absolute Gasteiger partial charge is 0.269 e. The first kappa shape index (κ1) is 14.4. The molecule has 0 saturated heterocycles. The number of alkyl halides is 1. The van der Waals surface area contributed by atoms with Crippen LogP contribution < -0.4 is 5.32 Å². The summed E-state index contributed by atoms with van der Waals surface area (Å²) in [5, 5.41) is 13.3. The second kappa shape index (κ2) is 7.66. The lowest BCUT2D eigenvalue weighted by Crippen LogP contribution is -2.22. The minimum absolute atomic E-state index is 0.0314. The fraction of sp³-hybridized carbons (Fsp3) is 0.417. The maximum absolute atomic E-state index is 11.4. The fourth-order valence-electron chi connectivity index (χ4n) is 1.45. The summed E-state index contributed by atoms with van der Waals surface area (Å²) in [4.78, 5) is 21.5. The molecule has 5 nitrogen and oxygen atoms in total. The number of hydrogen-bond donors (Lipinski definition) is 1. The van der Waals surface area contributed by atoms with E-state index < -0.39 is 4.92 Å². The largest absolute Gasteiger partial charge is 0.352 e. The Balaban J connectivity index is 2.41. The van der Waals surface area contributed by atoms with E-state index in [1.165, 1.54) is 12.1 Å². The minimum atomic E-state index is -0.453. The summed E-state index contributed by atoms with van der Waals surface area (Å²) in [7, 11) is 0. The zero-order valence-electron chi connectivity index (χ0n) is 9.89. The quantitative estimate of drug-likeness (QED) is 0.358. The van der Waals surface area contributed by atoms with Gasteiger partial charge in [-0.1, -0.05) is 12.1 Å². The first-order valence-electron chi connectivity index (χ1n) is 5.69. The number of unbranched alkanes of at least 4 members (excludes halogenated alkanes) is 1. The summed E-state index contributed by atoms with van der Waals surface area (Å²) >= 11 is 5.51. The van der Waals surface area contributed by atoms with Crippen molar-refractivity contribution >= 4 is 23.2 Å². The van der Waals surface area contributed by atoms with E-state index in [2.05, 4.69) is 5.32 Å². The number of carbonyl (C=O) groups excluding carboxylic acids is 1. The second-order valence-electron chi connectivity index (χ2n) is 3.85. The summed E-state index contributed by atoms with van der Waals surface area (Å²) < 4.78 is 0. The van der Waals surface area contributed by atoms with Crippen LogP contribution in [-0.4, -0.2) is 16.7 Å². The number of nitro benzene ring substituents is 1. The van der Waals surface area contributed by atoms with Crippen LogP contribution in [0.2, 0.25) is 0 Å². The summed E-state index contributed by atoms with van der Waals surface area (Å²) in [5.41, 5.74) is 0.749. The highest BCUT2D eigenvalue weighted by molar-refractivity contribution is 6.17. The van der Waals surface area contributed by atoms with Crippen molar-refractivity contribution in [1.82, 2.24) is 5.32 Å². The number of carbonyl (C=O) groups is 1. The molecular formula is C12H15ClN2O3. The average molecular weight is 271 g/mol. The van der Waals surface area contributed by atoms with Gasteiger partial charge in [-0.25, -0.2) is 0 Å². The van der Waals surface area contributed by atoms with Gasteiger partial charge >= 0.3 is 0 Å². The van der Waals surface area contributed by atoms with E-state index in [0.29, 0.717) is 18.8 Å². The van der Waals surface area contributed by atoms with Crippen LogP contribution in [0.5, 0.6) is 0 Å². The van der Waals surface area contributed by atoms with Crippen molar-refractivity contribution in [3.63, 3.8) is 0 Å². The lowest BCUT2D eigenvalue weighted by Gasteiger charge is -2.04. The van der Waals surface area contributed by atoms with Crippen molar-refractivity contribution in [1.29, 1.82) is 0 Å². The van der Waals surface area contributed by atoms with Gasteiger partial charge in [0.25, 0.3) is 5.69 Å². The molecule has 1 rings (SSSR count). The molecule has 0 aliphatic heterocycles. The van der Waals surface area contributed by atoms with Gasteiger partial charge < -0.3 is 5.32 Å². The number of nitro groups is 1. The molecule has 0 unspecified atom stereocenters. The molecule has 0 bridgehead atoms. The Kier molecular flexibility index (Phi) is 6.14. The Morgan fingerprint density at radius 1 is 1.39 bits per heavy atom. The van der Waals surface area contributed by atoms with Gasteiger partial charge in [-0.3, -0.25) is 14.9 Å². The van der Waals surface area contributed by atoms with Crippen LogP contribution in [-0.2, 0) is 11.3 Å². The summed E-state index contributed by atoms with van der Waals surface area (Å²) in [6.07, 6.45) is 2.00. The highest BCUT2D eigenvalue weighted by atomic mass is 35.5. The standard InChI is InChI=1S/C12H15ClN2O3/c13-7-2-1-6-12(16)14-9-10-4-3-5-11(8-10)15(17)18/h3-5,8H,1-2,6-7,9H2,(H,14,16). The maximum atomic E-state index is 11.4. The third-order valence-corrected chi connectivity index (χ3v) is 2.67. The topological polar surface area (TPSA) is 72.2 Å². The van der Waals surface area contributed by atoms with Crippen LogP contribution in [0.3, 0.4) is 0 Å². The molecular weight excluding hydrogens is 256 g/mol. The van der Waals surface area contributed by atoms with Crippen molar-refractivity contribution < 1.29 is 9.72 Å². The zero-order chi connectivity index (χ0) is 13.4. The molecule has 1 N–H and O–H groups in total. The molecule has 0 fully saturated rings. The summed E-state index contributed by atoms with van der Waals surface area (Å²) in [6, 6.07) is 6.23. The van der Waals surface area contributed by atoms with Crippen LogP contribution in [0, 0.1) is 10.1 Å². The molecule has 0 aliphatic carbocycles. The van der Waals surface area contributed by atoms with Crippen molar-refractivity contribution in [2.75, 3.05) is 5.88 Å². The molecule has 0 aromatic heterocycles. The lowest BCUT2D eigenvalue weighted by atomic mass is 10.2. The van der Waals surface area contributed by atoms with Gasteiger partial charge in [-0.05, 0) is 18.4 Å². The van der Waals surface area contributed by atoms with Crippen LogP contribution in [0.25, 0.3) is 0 Å². The van der Waals surface area contributed by atoms with E-state index in [1.807, 2.05) is 0 Å². The first-order chi connectivity index (χ1) is 8.63. The average Bonchev–Trinajstić information content (AvgIpc) is 2.37. The van der Waals surface area contributed by atoms with Crippen molar-refractivity contribution in [3.8, 4) is 0 Å². The molecule has 18 heavy (non-hydrogen) atoms. The highest BCUT2D eigenvalue weighted by Gasteiger charge is 2.06. The van der Waals surface area contributed by atoms with Gasteiger partial charge in [-0.2, -0.15) is 0 Å². The second-order valence-corrected chi connectivity index (χ2v) is 4.23. The van der Waals surface area contributed by atoms with E-state index in [-0.39, 0.29) is 11.6 Å². The number of non-ortho nitro benzene ring substituents is 1. The van der Waals surface area contributed by atoms with Gasteiger partial charge in [0.15, 0.2) is 0 Å². The third-order valence-electron chi connectivity index (χ3n) is 2.40. The number of rotatable bonds is 7. The molecule has 1 aromatic rings. The van der Waals surface area contributed by atoms with Gasteiger partial charge in [0.1, 0.15) is 0 Å². The predicted octanol–water partition coefficient (Wildman–Crippen LogP) is 2.62. The molecule has 0 saturated carbocycles. The Hall–Kier alpha value is -1.62. The molecule has 0 radical (unpaired) electrons. The molecule has 0 atom stereocenters. The van der Waals surface area contributed by atoms with Gasteiger partial charge in [0, 0.05) is 31.0 Å². The lowest BCUT2D eigenvalue weighted by molar-refractivity contribution is -0.384. The summed E-state index contributed by atoms with van der Waals surface area (Å²) in [6.45, 7) is 0.307. The molecule has 1 amide bonds. The van der Waals surface area contributed by atoms with Crippen molar-refractivity contribution in [2.24, 2.45) is 0 Å². The molecule has 98 valence electrons. The number of benzene rings is 1. The Bertz CT molecular complexity index is 424. The number of nitrogens with zero attached hydrogens (tertiary/aromatic N) is 1. The van der Waals surface area contributed by atoms with Crippen LogP contribution in [0.15, 0.2) is 24.3 Å². The van der Waals surface area contributed by atoms with Crippen LogP contribution in [0.4, 0.5) is 5.69 Å². The Morgan fingerprint density at radius 2 is 2.17 bits per heavy atom. The normalized spacial score (nSPS) is 10.1. The molecule has 0 aliphatic rings. The number of halogens is 1. The first-order valence-corrected chi connectivity index (χ1v) is 6.23. The number of hydrogen-bond acceptors (Lipinski definition) is 3. The molecule has 0 heterocycles. The summed E-state index contributed by atoms with van der Waals surface area (Å²) in [5.74, 6) is 0.490. The van der Waals surface area contributed by atoms with E-state index >= 15 is 0 Å². The molecule has 6 heteroatoms. The van der Waals surface area contributed by atoms with Crippen LogP contribution >= 0.6 is 11.6 Å². The van der Waals surface area contributed by atoms with E-state index in [4.69, 9.17) is 11.6 Å². The number of amides is 1. The van der Waals surface area contributed by atoms with Crippen LogP contribution in [0.1, 0.15) is 24.8 Å². The third kappa shape index (κ3) is 5.14. The minimum Gasteiger partial charge on any atom is -0.352 e. The SMILES string of the molecule is O=C(CCCCCl)NCc1cccc([N+](=O)[O-])c1. The highest BCUT2D eigenvalue weighted by Crippen LogP contribution is 2.12. The van der Waals surface area contributed by atoms with Gasteiger partial charge in [0.2, 0.25) is 5.91 Å². The Morgan fingerprint density at radius 3 is 2.83 bits per heavy atom. The van der Waals surface area contributed by atoms with Crippen molar-refractivity contribution in [2.45, 2.75) is 25.8 Å². The van der Waals surface area contributed by atoms with E-state index in [1.54, 1.807) is 12.1 Å². The number of nitrogens with one attached hydrogen (secondary N) is 1.